The molecule has 0 aliphatic carbocycles. The van der Waals surface area contributed by atoms with Crippen molar-refractivity contribution in [3.63, 3.8) is 0 Å². The Balaban J connectivity index is 2.27. The number of methoxy groups -OCH3 is 1. The minimum Gasteiger partial charge on any atom is -0.465 e. The topological polar surface area (TPSA) is 46.5 Å². The molecule has 0 aromatic heterocycles. The molecular weight excluding hydrogens is 312 g/mol. The summed E-state index contributed by atoms with van der Waals surface area (Å²) in [6, 6.07) is 16.9. The third kappa shape index (κ3) is 5.30. The monoisotopic (exact) mass is 338 g/mol. The lowest BCUT2D eigenvalue weighted by molar-refractivity contribution is 0.0600. The van der Waals surface area contributed by atoms with Gasteiger partial charge in [-0.1, -0.05) is 74.4 Å². The van der Waals surface area contributed by atoms with E-state index in [9.17, 15) is 9.90 Å². The van der Waals surface area contributed by atoms with Gasteiger partial charge in [-0.3, -0.25) is 0 Å². The summed E-state index contributed by atoms with van der Waals surface area (Å²) in [7, 11) is 1.37. The van der Waals surface area contributed by atoms with Crippen molar-refractivity contribution < 1.29 is 14.6 Å². The zero-order valence-electron chi connectivity index (χ0n) is 14.9. The fourth-order valence-electron chi connectivity index (χ4n) is 2.78. The predicted molar refractivity (Wildman–Crippen MR) is 101 cm³/mol. The van der Waals surface area contributed by atoms with E-state index in [-0.39, 0.29) is 11.9 Å². The highest BCUT2D eigenvalue weighted by molar-refractivity contribution is 5.89. The Hall–Kier alpha value is -2.39. The lowest BCUT2D eigenvalue weighted by atomic mass is 9.88. The number of esters is 1. The molecule has 0 saturated carbocycles. The van der Waals surface area contributed by atoms with Crippen LogP contribution in [0.4, 0.5) is 0 Å². The van der Waals surface area contributed by atoms with Crippen molar-refractivity contribution >= 4 is 5.97 Å². The molecule has 0 bridgehead atoms. The van der Waals surface area contributed by atoms with Gasteiger partial charge in [0.2, 0.25) is 0 Å². The van der Waals surface area contributed by atoms with Gasteiger partial charge in [0.15, 0.2) is 0 Å². The van der Waals surface area contributed by atoms with E-state index < -0.39 is 6.10 Å². The summed E-state index contributed by atoms with van der Waals surface area (Å²) in [5.74, 6) is -0.517. The molecule has 3 nitrogen and oxygen atoms in total. The number of hydrogen-bond donors (Lipinski definition) is 1. The maximum atomic E-state index is 11.6. The molecule has 0 saturated heterocycles. The summed E-state index contributed by atoms with van der Waals surface area (Å²) >= 11 is 0. The van der Waals surface area contributed by atoms with Crippen LogP contribution in [0.3, 0.4) is 0 Å². The summed E-state index contributed by atoms with van der Waals surface area (Å²) in [6.45, 7) is 2.16. The standard InChI is InChI=1S/C22H26O3/c1-3-4-5-9-12-20(21(23)18-10-7-6-8-11-18)17-13-15-19(16-14-17)22(24)25-2/h6-16,20-21,23H,3-5H2,1-2H3/b12-9-/t20-,21-/m0/s1. The van der Waals surface area contributed by atoms with E-state index in [2.05, 4.69) is 19.1 Å². The molecule has 1 N–H and O–H groups in total. The van der Waals surface area contributed by atoms with Crippen molar-refractivity contribution in [2.75, 3.05) is 7.11 Å². The maximum absolute atomic E-state index is 11.6. The van der Waals surface area contributed by atoms with Gasteiger partial charge in [0, 0.05) is 5.92 Å². The fourth-order valence-corrected chi connectivity index (χ4v) is 2.78. The highest BCUT2D eigenvalue weighted by atomic mass is 16.5. The van der Waals surface area contributed by atoms with E-state index >= 15 is 0 Å². The Labute approximate surface area is 150 Å². The third-order valence-corrected chi connectivity index (χ3v) is 4.27. The van der Waals surface area contributed by atoms with Crippen molar-refractivity contribution in [2.45, 2.75) is 38.2 Å². The van der Waals surface area contributed by atoms with Crippen molar-refractivity contribution in [1.29, 1.82) is 0 Å². The molecule has 3 heteroatoms. The third-order valence-electron chi connectivity index (χ3n) is 4.27. The molecule has 2 aromatic rings. The van der Waals surface area contributed by atoms with Crippen LogP contribution in [0.1, 0.15) is 59.7 Å². The molecule has 0 aliphatic rings. The van der Waals surface area contributed by atoms with Crippen LogP contribution in [0.5, 0.6) is 0 Å². The Kier molecular flexibility index (Phi) is 7.42. The molecule has 132 valence electrons. The second kappa shape index (κ2) is 9.80. The van der Waals surface area contributed by atoms with Gasteiger partial charge in [0.1, 0.15) is 0 Å². The highest BCUT2D eigenvalue weighted by Gasteiger charge is 2.20. The Bertz CT molecular complexity index is 674. The molecule has 0 amide bonds. The summed E-state index contributed by atoms with van der Waals surface area (Å²) < 4.78 is 4.74. The van der Waals surface area contributed by atoms with Gasteiger partial charge in [-0.15, -0.1) is 0 Å². The number of aliphatic hydroxyl groups excluding tert-OH is 1. The summed E-state index contributed by atoms with van der Waals surface area (Å²) in [5.41, 5.74) is 2.36. The van der Waals surface area contributed by atoms with E-state index in [1.807, 2.05) is 42.5 Å². The van der Waals surface area contributed by atoms with Crippen LogP contribution in [0.2, 0.25) is 0 Å². The molecule has 2 atom stereocenters. The second-order valence-electron chi connectivity index (χ2n) is 6.07. The largest absolute Gasteiger partial charge is 0.465 e. The molecule has 2 aromatic carbocycles. The summed E-state index contributed by atoms with van der Waals surface area (Å²) in [4.78, 5) is 11.6. The average molecular weight is 338 g/mol. The zero-order chi connectivity index (χ0) is 18.1. The quantitative estimate of drug-likeness (QED) is 0.417. The van der Waals surface area contributed by atoms with Gasteiger partial charge in [-0.25, -0.2) is 4.79 Å². The SMILES string of the molecule is CCCC/C=C\[C@@H](c1ccc(C(=O)OC)cc1)[C@@H](O)c1ccccc1. The van der Waals surface area contributed by atoms with Gasteiger partial charge < -0.3 is 9.84 Å². The molecule has 0 aliphatic heterocycles. The first-order valence-corrected chi connectivity index (χ1v) is 8.75. The minimum absolute atomic E-state index is 0.161. The van der Waals surface area contributed by atoms with E-state index in [1.54, 1.807) is 12.1 Å². The van der Waals surface area contributed by atoms with Crippen LogP contribution in [0, 0.1) is 0 Å². The molecule has 0 fully saturated rings. The van der Waals surface area contributed by atoms with E-state index in [1.165, 1.54) is 7.11 Å². The molecule has 0 spiro atoms. The smallest absolute Gasteiger partial charge is 0.337 e. The van der Waals surface area contributed by atoms with Crippen molar-refractivity contribution in [3.05, 3.63) is 83.4 Å². The van der Waals surface area contributed by atoms with E-state index in [4.69, 9.17) is 4.74 Å². The molecule has 0 radical (unpaired) electrons. The zero-order valence-corrected chi connectivity index (χ0v) is 14.9. The number of carbonyl (C=O) groups excluding carboxylic acids is 1. The number of benzene rings is 2. The number of carbonyl (C=O) groups is 1. The van der Waals surface area contributed by atoms with Crippen LogP contribution in [-0.2, 0) is 4.74 Å². The van der Waals surface area contributed by atoms with Crippen molar-refractivity contribution in [1.82, 2.24) is 0 Å². The number of ether oxygens (including phenoxy) is 1. The predicted octanol–water partition coefficient (Wildman–Crippen LogP) is 5.04. The Morgan fingerprint density at radius 3 is 2.36 bits per heavy atom. The first kappa shape index (κ1) is 18.9. The van der Waals surface area contributed by atoms with Crippen LogP contribution in [0.25, 0.3) is 0 Å². The molecule has 2 rings (SSSR count). The number of hydrogen-bond acceptors (Lipinski definition) is 3. The highest BCUT2D eigenvalue weighted by Crippen LogP contribution is 2.32. The molecule has 25 heavy (non-hydrogen) atoms. The van der Waals surface area contributed by atoms with Crippen LogP contribution in [-0.4, -0.2) is 18.2 Å². The fraction of sp³-hybridized carbons (Fsp3) is 0.318. The number of aliphatic hydroxyl groups is 1. The van der Waals surface area contributed by atoms with Gasteiger partial charge in [0.05, 0.1) is 18.8 Å². The van der Waals surface area contributed by atoms with Gasteiger partial charge >= 0.3 is 5.97 Å². The number of allylic oxidation sites excluding steroid dienone is 1. The summed E-state index contributed by atoms with van der Waals surface area (Å²) in [6.07, 6.45) is 6.84. The minimum atomic E-state index is -0.636. The normalized spacial score (nSPS) is 13.6. The first-order chi connectivity index (χ1) is 12.2. The lowest BCUT2D eigenvalue weighted by Crippen LogP contribution is -2.09. The molecule has 0 unspecified atom stereocenters. The van der Waals surface area contributed by atoms with Crippen molar-refractivity contribution in [3.8, 4) is 0 Å². The van der Waals surface area contributed by atoms with Crippen molar-refractivity contribution in [2.24, 2.45) is 0 Å². The van der Waals surface area contributed by atoms with Gasteiger partial charge in [-0.2, -0.15) is 0 Å². The number of unbranched alkanes of at least 4 members (excludes halogenated alkanes) is 2. The van der Waals surface area contributed by atoms with Gasteiger partial charge in [0.25, 0.3) is 0 Å². The van der Waals surface area contributed by atoms with Crippen LogP contribution in [0.15, 0.2) is 66.7 Å². The second-order valence-corrected chi connectivity index (χ2v) is 6.07. The lowest BCUT2D eigenvalue weighted by Gasteiger charge is -2.21. The number of rotatable bonds is 8. The average Bonchev–Trinajstić information content (AvgIpc) is 2.68. The molecule has 0 heterocycles. The maximum Gasteiger partial charge on any atom is 0.337 e. The molecular formula is C22H26O3. The summed E-state index contributed by atoms with van der Waals surface area (Å²) in [5, 5.41) is 10.9. The van der Waals surface area contributed by atoms with Crippen LogP contribution >= 0.6 is 0 Å². The van der Waals surface area contributed by atoms with Gasteiger partial charge in [-0.05, 0) is 29.7 Å². The Morgan fingerprint density at radius 1 is 1.08 bits per heavy atom. The Morgan fingerprint density at radius 2 is 1.76 bits per heavy atom. The van der Waals surface area contributed by atoms with E-state index in [0.717, 1.165) is 30.4 Å². The first-order valence-electron chi connectivity index (χ1n) is 8.75. The van der Waals surface area contributed by atoms with E-state index in [0.29, 0.717) is 5.56 Å². The van der Waals surface area contributed by atoms with Crippen LogP contribution < -0.4 is 0 Å².